The number of ether oxygens (including phenoxy) is 1. The minimum atomic E-state index is -1.10. The lowest BCUT2D eigenvalue weighted by atomic mass is 9.66. The highest BCUT2D eigenvalue weighted by atomic mass is 32.1. The molecule has 0 aromatic heterocycles. The summed E-state index contributed by atoms with van der Waals surface area (Å²) in [5.74, 6) is -0.568. The second-order valence-electron chi connectivity index (χ2n) is 6.61. The molecule has 1 aliphatic heterocycles. The van der Waals surface area contributed by atoms with Gasteiger partial charge in [-0.15, -0.1) is 0 Å². The van der Waals surface area contributed by atoms with Crippen molar-refractivity contribution in [3.8, 4) is 0 Å². The molecule has 0 aromatic rings. The first kappa shape index (κ1) is 16.2. The molecule has 2 bridgehead atoms. The number of fused-ring (bicyclic) bond motifs is 2. The van der Waals surface area contributed by atoms with Crippen molar-refractivity contribution in [3.05, 3.63) is 0 Å². The number of carbonyl (C=O) groups excluding carboxylic acids is 2. The summed E-state index contributed by atoms with van der Waals surface area (Å²) in [6.45, 7) is 11.2. The molecule has 0 spiro atoms. The van der Waals surface area contributed by atoms with Crippen LogP contribution < -0.4 is 5.32 Å². The van der Waals surface area contributed by atoms with Gasteiger partial charge in [0.1, 0.15) is 0 Å². The Kier molecular flexibility index (Phi) is 3.81. The number of carbonyl (C=O) groups is 2. The quantitative estimate of drug-likeness (QED) is 0.637. The zero-order valence-corrected chi connectivity index (χ0v) is 14.2. The lowest BCUT2D eigenvalue weighted by Crippen LogP contribution is -2.56. The molecule has 0 aromatic carbocycles. The molecule has 1 N–H and O–H groups in total. The van der Waals surface area contributed by atoms with Gasteiger partial charge in [-0.25, -0.2) is 0 Å². The van der Waals surface area contributed by atoms with Gasteiger partial charge in [0, 0.05) is 18.5 Å². The summed E-state index contributed by atoms with van der Waals surface area (Å²) >= 11 is 5.28. The molecule has 1 saturated carbocycles. The average molecular weight is 312 g/mol. The maximum atomic E-state index is 12.8. The van der Waals surface area contributed by atoms with Gasteiger partial charge in [-0.05, 0) is 45.8 Å². The predicted octanol–water partition coefficient (Wildman–Crippen LogP) is 1.85. The number of amides is 1. The van der Waals surface area contributed by atoms with Gasteiger partial charge >= 0.3 is 5.97 Å². The fourth-order valence-electron chi connectivity index (χ4n) is 3.54. The molecule has 6 heteroatoms. The van der Waals surface area contributed by atoms with E-state index in [-0.39, 0.29) is 11.9 Å². The predicted molar refractivity (Wildman–Crippen MR) is 83.6 cm³/mol. The second kappa shape index (κ2) is 4.93. The molecule has 1 heterocycles. The first-order chi connectivity index (χ1) is 9.66. The highest BCUT2D eigenvalue weighted by Crippen LogP contribution is 2.65. The Bertz CT molecular complexity index is 501. The number of thiocarbonyl (C=S) groups is 1. The van der Waals surface area contributed by atoms with E-state index in [1.807, 2.05) is 39.5 Å². The van der Waals surface area contributed by atoms with Crippen molar-refractivity contribution in [1.82, 2.24) is 10.2 Å². The van der Waals surface area contributed by atoms with Crippen LogP contribution in [0.5, 0.6) is 0 Å². The van der Waals surface area contributed by atoms with Gasteiger partial charge in [0.15, 0.2) is 10.7 Å². The minimum absolute atomic E-state index is 0.275. The molecule has 1 amide bonds. The van der Waals surface area contributed by atoms with Crippen LogP contribution in [0.4, 0.5) is 0 Å². The van der Waals surface area contributed by atoms with Crippen molar-refractivity contribution in [2.24, 2.45) is 10.8 Å². The number of esters is 1. The Morgan fingerprint density at radius 3 is 2.24 bits per heavy atom. The number of hydrogen-bond donors (Lipinski definition) is 1. The van der Waals surface area contributed by atoms with Gasteiger partial charge in [0.2, 0.25) is 0 Å². The Labute approximate surface area is 131 Å². The number of nitrogens with one attached hydrogen (secondary N) is 1. The van der Waals surface area contributed by atoms with Crippen molar-refractivity contribution < 1.29 is 14.3 Å². The van der Waals surface area contributed by atoms with Gasteiger partial charge < -0.3 is 9.64 Å². The average Bonchev–Trinajstić information content (AvgIpc) is 2.70. The van der Waals surface area contributed by atoms with Crippen LogP contribution in [0.1, 0.15) is 47.5 Å². The van der Waals surface area contributed by atoms with Crippen LogP contribution in [-0.2, 0) is 14.3 Å². The number of nitrogens with zero attached hydrogens (tertiary/aromatic N) is 1. The highest BCUT2D eigenvalue weighted by molar-refractivity contribution is 7.80. The van der Waals surface area contributed by atoms with E-state index in [1.165, 1.54) is 0 Å². The third-order valence-corrected chi connectivity index (χ3v) is 6.08. The zero-order valence-electron chi connectivity index (χ0n) is 13.4. The number of rotatable bonds is 3. The van der Waals surface area contributed by atoms with E-state index >= 15 is 0 Å². The Balaban J connectivity index is 2.24. The van der Waals surface area contributed by atoms with E-state index < -0.39 is 16.4 Å². The Hall–Kier alpha value is -1.17. The van der Waals surface area contributed by atoms with E-state index in [9.17, 15) is 9.59 Å². The molecule has 2 atom stereocenters. The van der Waals surface area contributed by atoms with E-state index in [0.717, 1.165) is 13.1 Å². The van der Waals surface area contributed by atoms with Crippen molar-refractivity contribution in [2.75, 3.05) is 13.1 Å². The van der Waals surface area contributed by atoms with Gasteiger partial charge in [0.25, 0.3) is 5.91 Å². The maximum Gasteiger partial charge on any atom is 0.313 e. The normalized spacial score (nSPS) is 32.7. The zero-order chi connectivity index (χ0) is 16.1. The first-order valence-corrected chi connectivity index (χ1v) is 7.91. The van der Waals surface area contributed by atoms with E-state index in [2.05, 4.69) is 5.32 Å². The van der Waals surface area contributed by atoms with Crippen LogP contribution in [0, 0.1) is 10.8 Å². The SMILES string of the molecule is CCN(CC)C(=S)NC(=O)C12CCC(C)(C(=O)O1)C2(C)C. The van der Waals surface area contributed by atoms with Gasteiger partial charge in [-0.3, -0.25) is 14.9 Å². The molecule has 21 heavy (non-hydrogen) atoms. The lowest BCUT2D eigenvalue weighted by molar-refractivity contribution is -0.167. The second-order valence-corrected chi connectivity index (χ2v) is 6.99. The van der Waals surface area contributed by atoms with Gasteiger partial charge in [0.05, 0.1) is 5.41 Å². The highest BCUT2D eigenvalue weighted by Gasteiger charge is 2.75. The minimum Gasteiger partial charge on any atom is -0.448 e. The van der Waals surface area contributed by atoms with Crippen molar-refractivity contribution in [2.45, 2.75) is 53.1 Å². The molecule has 2 unspecified atom stereocenters. The number of hydrogen-bond acceptors (Lipinski definition) is 4. The third-order valence-electron chi connectivity index (χ3n) is 5.72. The van der Waals surface area contributed by atoms with Crippen LogP contribution >= 0.6 is 12.2 Å². The van der Waals surface area contributed by atoms with Crippen molar-refractivity contribution >= 4 is 29.2 Å². The first-order valence-electron chi connectivity index (χ1n) is 7.50. The van der Waals surface area contributed by atoms with Crippen LogP contribution in [0.25, 0.3) is 0 Å². The molecular weight excluding hydrogens is 288 g/mol. The molecule has 1 saturated heterocycles. The third kappa shape index (κ3) is 1.91. The fourth-order valence-corrected chi connectivity index (χ4v) is 3.89. The molecule has 5 nitrogen and oxygen atoms in total. The molecule has 0 radical (unpaired) electrons. The molecule has 2 aliphatic rings. The monoisotopic (exact) mass is 312 g/mol. The summed E-state index contributed by atoms with van der Waals surface area (Å²) in [6, 6.07) is 0. The topological polar surface area (TPSA) is 58.6 Å². The van der Waals surface area contributed by atoms with Crippen LogP contribution in [0.3, 0.4) is 0 Å². The molecule has 2 fully saturated rings. The molecular formula is C15H24N2O3S. The standard InChI is InChI=1S/C15H24N2O3S/c1-6-17(7-2)12(21)16-10(18)15-9-8-14(5,11(19)20-15)13(15,3)4/h6-9H2,1-5H3,(H,16,18,21). The van der Waals surface area contributed by atoms with E-state index in [4.69, 9.17) is 17.0 Å². The van der Waals surface area contributed by atoms with Gasteiger partial charge in [-0.1, -0.05) is 13.8 Å². The Morgan fingerprint density at radius 1 is 1.29 bits per heavy atom. The molecule has 1 aliphatic carbocycles. The van der Waals surface area contributed by atoms with Crippen LogP contribution in [0.15, 0.2) is 0 Å². The lowest BCUT2D eigenvalue weighted by Gasteiger charge is -2.36. The molecule has 118 valence electrons. The largest absolute Gasteiger partial charge is 0.448 e. The smallest absolute Gasteiger partial charge is 0.313 e. The Morgan fingerprint density at radius 2 is 1.86 bits per heavy atom. The van der Waals surface area contributed by atoms with Crippen LogP contribution in [0.2, 0.25) is 0 Å². The van der Waals surface area contributed by atoms with Crippen LogP contribution in [-0.4, -0.2) is 40.6 Å². The fraction of sp³-hybridized carbons (Fsp3) is 0.800. The van der Waals surface area contributed by atoms with E-state index in [0.29, 0.717) is 18.0 Å². The summed E-state index contributed by atoms with van der Waals surface area (Å²) < 4.78 is 5.55. The summed E-state index contributed by atoms with van der Waals surface area (Å²) in [5.41, 5.74) is -2.24. The van der Waals surface area contributed by atoms with Crippen molar-refractivity contribution in [1.29, 1.82) is 0 Å². The summed E-state index contributed by atoms with van der Waals surface area (Å²) in [4.78, 5) is 26.8. The van der Waals surface area contributed by atoms with E-state index in [1.54, 1.807) is 0 Å². The summed E-state index contributed by atoms with van der Waals surface area (Å²) in [6.07, 6.45) is 1.22. The van der Waals surface area contributed by atoms with Crippen molar-refractivity contribution in [3.63, 3.8) is 0 Å². The molecule has 2 rings (SSSR count). The summed E-state index contributed by atoms with van der Waals surface area (Å²) in [7, 11) is 0. The van der Waals surface area contributed by atoms with Gasteiger partial charge in [-0.2, -0.15) is 0 Å². The summed E-state index contributed by atoms with van der Waals surface area (Å²) in [5, 5.41) is 3.17. The maximum absolute atomic E-state index is 12.8.